The van der Waals surface area contributed by atoms with Crippen molar-refractivity contribution in [1.82, 2.24) is 20.4 Å². The Hall–Kier alpha value is -0.770. The van der Waals surface area contributed by atoms with E-state index in [-0.39, 0.29) is 30.1 Å². The molecule has 2 N–H and O–H groups in total. The molecular weight excluding hydrogens is 469 g/mol. The number of amides is 1. The fourth-order valence-corrected chi connectivity index (χ4v) is 3.41. The second kappa shape index (κ2) is 10.8. The van der Waals surface area contributed by atoms with Crippen molar-refractivity contribution in [3.05, 3.63) is 0 Å². The summed E-state index contributed by atoms with van der Waals surface area (Å²) in [5.74, 6) is 1.38. The predicted octanol–water partition coefficient (Wildman–Crippen LogP) is 2.90. The van der Waals surface area contributed by atoms with Crippen molar-refractivity contribution < 1.29 is 9.53 Å². The lowest BCUT2D eigenvalue weighted by molar-refractivity contribution is 0.0238. The van der Waals surface area contributed by atoms with Gasteiger partial charge >= 0.3 is 6.09 Å². The average Bonchev–Trinajstić information content (AvgIpc) is 3.32. The average molecular weight is 509 g/mol. The zero-order chi connectivity index (χ0) is 20.2. The van der Waals surface area contributed by atoms with Gasteiger partial charge in [0.05, 0.1) is 0 Å². The first kappa shape index (κ1) is 25.3. The number of likely N-dealkylation sites (tertiary alicyclic amines) is 1. The van der Waals surface area contributed by atoms with Crippen LogP contribution in [0.4, 0.5) is 4.79 Å². The Morgan fingerprint density at radius 2 is 1.93 bits per heavy atom. The van der Waals surface area contributed by atoms with Crippen LogP contribution in [0.25, 0.3) is 0 Å². The van der Waals surface area contributed by atoms with E-state index in [0.717, 1.165) is 31.9 Å². The van der Waals surface area contributed by atoms with Gasteiger partial charge < -0.3 is 20.3 Å². The van der Waals surface area contributed by atoms with Gasteiger partial charge in [0.2, 0.25) is 0 Å². The summed E-state index contributed by atoms with van der Waals surface area (Å²) in [5, 5.41) is 6.91. The second-order valence-corrected chi connectivity index (χ2v) is 9.18. The highest BCUT2D eigenvalue weighted by Crippen LogP contribution is 2.28. The molecule has 0 bridgehead atoms. The molecule has 0 aromatic heterocycles. The van der Waals surface area contributed by atoms with Crippen LogP contribution in [0.2, 0.25) is 0 Å². The fourth-order valence-electron chi connectivity index (χ4n) is 3.41. The van der Waals surface area contributed by atoms with Crippen LogP contribution in [0.15, 0.2) is 4.99 Å². The first-order valence-electron chi connectivity index (χ1n) is 10.3. The molecule has 1 aliphatic carbocycles. The van der Waals surface area contributed by atoms with Crippen molar-refractivity contribution in [3.63, 3.8) is 0 Å². The van der Waals surface area contributed by atoms with E-state index < -0.39 is 5.60 Å². The minimum atomic E-state index is -0.462. The maximum absolute atomic E-state index is 12.4. The van der Waals surface area contributed by atoms with Crippen molar-refractivity contribution in [2.45, 2.75) is 78.1 Å². The highest BCUT2D eigenvalue weighted by Gasteiger charge is 2.35. The van der Waals surface area contributed by atoms with Gasteiger partial charge in [0.1, 0.15) is 5.60 Å². The van der Waals surface area contributed by atoms with E-state index in [9.17, 15) is 4.79 Å². The molecule has 2 unspecified atom stereocenters. The molecule has 0 aromatic rings. The quantitative estimate of drug-likeness (QED) is 0.328. The number of carbonyl (C=O) groups excluding carboxylic acids is 1. The smallest absolute Gasteiger partial charge is 0.410 e. The molecule has 0 radical (unpaired) electrons. The van der Waals surface area contributed by atoms with Gasteiger partial charge in [0.25, 0.3) is 0 Å². The zero-order valence-corrected chi connectivity index (χ0v) is 20.9. The van der Waals surface area contributed by atoms with E-state index >= 15 is 0 Å². The summed E-state index contributed by atoms with van der Waals surface area (Å²) < 4.78 is 5.55. The van der Waals surface area contributed by atoms with Gasteiger partial charge in [-0.15, -0.1) is 24.0 Å². The second-order valence-electron chi connectivity index (χ2n) is 9.18. The minimum absolute atomic E-state index is 0. The zero-order valence-electron chi connectivity index (χ0n) is 18.6. The minimum Gasteiger partial charge on any atom is -0.444 e. The van der Waals surface area contributed by atoms with Crippen molar-refractivity contribution in [3.8, 4) is 0 Å². The molecule has 1 saturated heterocycles. The van der Waals surface area contributed by atoms with Gasteiger partial charge in [0, 0.05) is 51.4 Å². The molecular formula is C20H40IN5O2. The molecule has 7 nitrogen and oxygen atoms in total. The molecule has 1 heterocycles. The number of hydrogen-bond donors (Lipinski definition) is 2. The van der Waals surface area contributed by atoms with Crippen molar-refractivity contribution >= 4 is 36.0 Å². The molecule has 2 rings (SSSR count). The monoisotopic (exact) mass is 509 g/mol. The normalized spacial score (nSPS) is 23.4. The number of guanidine groups is 1. The topological polar surface area (TPSA) is 69.2 Å². The molecule has 0 aromatic carbocycles. The summed E-state index contributed by atoms with van der Waals surface area (Å²) >= 11 is 0. The SMILES string of the molecule is CN=C(NCCN(C(=O)OC(C)(C)C)C1CC1)NC1CN(C(C)C)CC1C.I. The standard InChI is InChI=1S/C20H39N5O2.HI/c1-14(2)24-12-15(3)17(13-24)23-18(21-7)22-10-11-25(16-8-9-16)19(26)27-20(4,5)6;/h14-17H,8-13H2,1-7H3,(H2,21,22,23);1H. The molecule has 1 aliphatic heterocycles. The van der Waals surface area contributed by atoms with E-state index in [0.29, 0.717) is 37.1 Å². The summed E-state index contributed by atoms with van der Waals surface area (Å²) in [6.07, 6.45) is 1.92. The molecule has 2 aliphatic rings. The molecule has 0 spiro atoms. The largest absolute Gasteiger partial charge is 0.444 e. The first-order valence-corrected chi connectivity index (χ1v) is 10.3. The molecule has 8 heteroatoms. The van der Waals surface area contributed by atoms with E-state index in [2.05, 4.69) is 41.3 Å². The van der Waals surface area contributed by atoms with Gasteiger partial charge in [0.15, 0.2) is 5.96 Å². The van der Waals surface area contributed by atoms with Crippen LogP contribution in [0.5, 0.6) is 0 Å². The molecule has 164 valence electrons. The van der Waals surface area contributed by atoms with E-state index in [4.69, 9.17) is 4.74 Å². The molecule has 1 amide bonds. The number of nitrogens with zero attached hydrogens (tertiary/aromatic N) is 3. The van der Waals surface area contributed by atoms with Crippen LogP contribution in [0.3, 0.4) is 0 Å². The van der Waals surface area contributed by atoms with E-state index in [1.54, 1.807) is 7.05 Å². The summed E-state index contributed by atoms with van der Waals surface area (Å²) in [6, 6.07) is 1.28. The number of hydrogen-bond acceptors (Lipinski definition) is 4. The molecule has 2 fully saturated rings. The van der Waals surface area contributed by atoms with Crippen LogP contribution in [0.1, 0.15) is 54.4 Å². The highest BCUT2D eigenvalue weighted by atomic mass is 127. The molecule has 1 saturated carbocycles. The van der Waals surface area contributed by atoms with Gasteiger partial charge in [-0.2, -0.15) is 0 Å². The Kier molecular flexibility index (Phi) is 9.79. The Labute approximate surface area is 188 Å². The highest BCUT2D eigenvalue weighted by molar-refractivity contribution is 14.0. The van der Waals surface area contributed by atoms with Crippen LogP contribution >= 0.6 is 24.0 Å². The summed E-state index contributed by atoms with van der Waals surface area (Å²) in [4.78, 5) is 21.1. The third kappa shape index (κ3) is 7.93. The van der Waals surface area contributed by atoms with Crippen LogP contribution < -0.4 is 10.6 Å². The third-order valence-electron chi connectivity index (χ3n) is 5.18. The van der Waals surface area contributed by atoms with Crippen LogP contribution in [0, 0.1) is 5.92 Å². The number of halogens is 1. The molecule has 2 atom stereocenters. The third-order valence-corrected chi connectivity index (χ3v) is 5.18. The van der Waals surface area contributed by atoms with Crippen molar-refractivity contribution in [2.75, 3.05) is 33.2 Å². The lowest BCUT2D eigenvalue weighted by atomic mass is 10.1. The number of carbonyl (C=O) groups is 1. The maximum atomic E-state index is 12.4. The summed E-state index contributed by atoms with van der Waals surface area (Å²) in [7, 11) is 1.79. The molecule has 28 heavy (non-hydrogen) atoms. The van der Waals surface area contributed by atoms with Crippen LogP contribution in [-0.4, -0.2) is 78.8 Å². The number of aliphatic imine (C=N–C) groups is 1. The Balaban J connectivity index is 0.00000392. The van der Waals surface area contributed by atoms with E-state index in [1.165, 1.54) is 0 Å². The fraction of sp³-hybridized carbons (Fsp3) is 0.900. The number of rotatable bonds is 6. The van der Waals surface area contributed by atoms with E-state index in [1.807, 2.05) is 25.7 Å². The van der Waals surface area contributed by atoms with Gasteiger partial charge in [-0.25, -0.2) is 4.79 Å². The van der Waals surface area contributed by atoms with Crippen LogP contribution in [-0.2, 0) is 4.74 Å². The predicted molar refractivity (Wildman–Crippen MR) is 126 cm³/mol. The summed E-state index contributed by atoms with van der Waals surface area (Å²) in [5.41, 5.74) is -0.462. The van der Waals surface area contributed by atoms with Gasteiger partial charge in [-0.05, 0) is 53.4 Å². The lowest BCUT2D eigenvalue weighted by Crippen LogP contribution is -2.49. The van der Waals surface area contributed by atoms with Crippen molar-refractivity contribution in [2.24, 2.45) is 10.9 Å². The van der Waals surface area contributed by atoms with Gasteiger partial charge in [-0.1, -0.05) is 6.92 Å². The summed E-state index contributed by atoms with van der Waals surface area (Å²) in [6.45, 7) is 15.9. The Bertz CT molecular complexity index is 531. The number of ether oxygens (including phenoxy) is 1. The number of nitrogens with one attached hydrogen (secondary N) is 2. The lowest BCUT2D eigenvalue weighted by Gasteiger charge is -2.28. The van der Waals surface area contributed by atoms with Gasteiger partial charge in [-0.3, -0.25) is 9.89 Å². The maximum Gasteiger partial charge on any atom is 0.410 e. The Morgan fingerprint density at radius 1 is 1.29 bits per heavy atom. The first-order chi connectivity index (χ1) is 12.6. The Morgan fingerprint density at radius 3 is 2.39 bits per heavy atom. The van der Waals surface area contributed by atoms with Crippen molar-refractivity contribution in [1.29, 1.82) is 0 Å².